The average Bonchev–Trinajstić information content (AvgIpc) is 2.34. The van der Waals surface area contributed by atoms with Crippen molar-refractivity contribution in [3.05, 3.63) is 53.1 Å². The molecule has 2 rings (SSSR count). The minimum Gasteiger partial charge on any atom is -0.508 e. The molecule has 0 aliphatic rings. The monoisotopic (exact) mass is 262 g/mol. The van der Waals surface area contributed by atoms with E-state index in [9.17, 15) is 5.11 Å². The molecule has 3 nitrogen and oxygen atoms in total. The molecule has 0 radical (unpaired) electrons. The number of nitrogens with two attached hydrogens (primary N) is 1. The van der Waals surface area contributed by atoms with Gasteiger partial charge in [-0.2, -0.15) is 0 Å². The first kappa shape index (κ1) is 12.6. The minimum absolute atomic E-state index is 0.286. The van der Waals surface area contributed by atoms with E-state index in [0.29, 0.717) is 10.7 Å². The standard InChI is InChI=1S/C14H15ClN2O/c15-11-3-6-14(13(16)9-11)17-8-7-10-1-4-12(18)5-2-10/h1-6,9,17-18H,7-8,16H2. The molecular weight excluding hydrogens is 248 g/mol. The lowest BCUT2D eigenvalue weighted by Crippen LogP contribution is -2.06. The van der Waals surface area contributed by atoms with Crippen molar-refractivity contribution in [2.24, 2.45) is 0 Å². The lowest BCUT2D eigenvalue weighted by molar-refractivity contribution is 0.475. The number of halogens is 1. The molecule has 0 bridgehead atoms. The Morgan fingerprint density at radius 3 is 2.50 bits per heavy atom. The quantitative estimate of drug-likeness (QED) is 0.741. The van der Waals surface area contributed by atoms with Gasteiger partial charge in [-0.3, -0.25) is 0 Å². The zero-order chi connectivity index (χ0) is 13.0. The van der Waals surface area contributed by atoms with Gasteiger partial charge < -0.3 is 16.2 Å². The van der Waals surface area contributed by atoms with Gasteiger partial charge in [0.25, 0.3) is 0 Å². The summed E-state index contributed by atoms with van der Waals surface area (Å²) in [4.78, 5) is 0. The highest BCUT2D eigenvalue weighted by atomic mass is 35.5. The predicted molar refractivity (Wildman–Crippen MR) is 76.2 cm³/mol. The number of phenols is 1. The van der Waals surface area contributed by atoms with Crippen molar-refractivity contribution in [3.63, 3.8) is 0 Å². The van der Waals surface area contributed by atoms with Crippen molar-refractivity contribution in [1.29, 1.82) is 0 Å². The molecule has 0 aromatic heterocycles. The Morgan fingerprint density at radius 2 is 1.83 bits per heavy atom. The Hall–Kier alpha value is -1.87. The average molecular weight is 263 g/mol. The van der Waals surface area contributed by atoms with Crippen LogP contribution in [0.2, 0.25) is 5.02 Å². The molecule has 18 heavy (non-hydrogen) atoms. The van der Waals surface area contributed by atoms with Crippen LogP contribution in [0, 0.1) is 0 Å². The third kappa shape index (κ3) is 3.31. The molecule has 0 heterocycles. The highest BCUT2D eigenvalue weighted by molar-refractivity contribution is 6.31. The molecule has 0 atom stereocenters. The lowest BCUT2D eigenvalue weighted by atomic mass is 10.1. The molecular formula is C14H15ClN2O. The molecule has 0 aliphatic carbocycles. The van der Waals surface area contributed by atoms with E-state index in [4.69, 9.17) is 17.3 Å². The van der Waals surface area contributed by atoms with E-state index >= 15 is 0 Å². The number of phenolic OH excluding ortho intramolecular Hbond substituents is 1. The van der Waals surface area contributed by atoms with Gasteiger partial charge in [0.15, 0.2) is 0 Å². The number of aromatic hydroxyl groups is 1. The SMILES string of the molecule is Nc1cc(Cl)ccc1NCCc1ccc(O)cc1. The summed E-state index contributed by atoms with van der Waals surface area (Å²) >= 11 is 5.83. The van der Waals surface area contributed by atoms with Gasteiger partial charge in [-0.25, -0.2) is 0 Å². The predicted octanol–water partition coefficient (Wildman–Crippen LogP) is 3.28. The normalized spacial score (nSPS) is 10.3. The third-order valence-corrected chi connectivity index (χ3v) is 2.91. The second-order valence-corrected chi connectivity index (χ2v) is 4.51. The van der Waals surface area contributed by atoms with Crippen LogP contribution in [0.3, 0.4) is 0 Å². The summed E-state index contributed by atoms with van der Waals surface area (Å²) < 4.78 is 0. The Morgan fingerprint density at radius 1 is 1.11 bits per heavy atom. The Bertz CT molecular complexity index is 526. The summed E-state index contributed by atoms with van der Waals surface area (Å²) in [6.07, 6.45) is 0.863. The van der Waals surface area contributed by atoms with Crippen LogP contribution in [0.5, 0.6) is 5.75 Å². The second kappa shape index (κ2) is 5.65. The first-order valence-corrected chi connectivity index (χ1v) is 6.10. The maximum atomic E-state index is 9.18. The summed E-state index contributed by atoms with van der Waals surface area (Å²) in [7, 11) is 0. The van der Waals surface area contributed by atoms with Crippen LogP contribution in [-0.2, 0) is 6.42 Å². The van der Waals surface area contributed by atoms with Gasteiger partial charge in [-0.05, 0) is 42.3 Å². The fourth-order valence-electron chi connectivity index (χ4n) is 1.70. The summed E-state index contributed by atoms with van der Waals surface area (Å²) in [6.45, 7) is 0.774. The molecule has 4 heteroatoms. The van der Waals surface area contributed by atoms with Gasteiger partial charge in [0.05, 0.1) is 11.4 Å². The molecule has 0 aliphatic heterocycles. The van der Waals surface area contributed by atoms with Crippen molar-refractivity contribution in [1.82, 2.24) is 0 Å². The molecule has 0 amide bonds. The maximum absolute atomic E-state index is 9.18. The van der Waals surface area contributed by atoms with E-state index in [1.807, 2.05) is 18.2 Å². The highest BCUT2D eigenvalue weighted by Crippen LogP contribution is 2.22. The van der Waals surface area contributed by atoms with E-state index in [1.165, 1.54) is 0 Å². The number of hydrogen-bond acceptors (Lipinski definition) is 3. The van der Waals surface area contributed by atoms with Crippen LogP contribution >= 0.6 is 11.6 Å². The largest absolute Gasteiger partial charge is 0.508 e. The minimum atomic E-state index is 0.286. The number of nitrogens with one attached hydrogen (secondary N) is 1. The van der Waals surface area contributed by atoms with Crippen molar-refractivity contribution in [3.8, 4) is 5.75 Å². The summed E-state index contributed by atoms with van der Waals surface area (Å²) in [6, 6.07) is 12.6. The fraction of sp³-hybridized carbons (Fsp3) is 0.143. The molecule has 0 spiro atoms. The van der Waals surface area contributed by atoms with Crippen molar-refractivity contribution < 1.29 is 5.11 Å². The maximum Gasteiger partial charge on any atom is 0.115 e. The van der Waals surface area contributed by atoms with Gasteiger partial charge in [-0.15, -0.1) is 0 Å². The highest BCUT2D eigenvalue weighted by Gasteiger charge is 1.99. The van der Waals surface area contributed by atoms with Gasteiger partial charge in [-0.1, -0.05) is 23.7 Å². The van der Waals surface area contributed by atoms with E-state index in [-0.39, 0.29) is 5.75 Å². The summed E-state index contributed by atoms with van der Waals surface area (Å²) in [5.74, 6) is 0.286. The van der Waals surface area contributed by atoms with Crippen LogP contribution in [0.25, 0.3) is 0 Å². The van der Waals surface area contributed by atoms with E-state index < -0.39 is 0 Å². The molecule has 0 saturated carbocycles. The van der Waals surface area contributed by atoms with Gasteiger partial charge >= 0.3 is 0 Å². The number of nitrogen functional groups attached to an aromatic ring is 1. The Balaban J connectivity index is 1.90. The van der Waals surface area contributed by atoms with Gasteiger partial charge in [0, 0.05) is 11.6 Å². The smallest absolute Gasteiger partial charge is 0.115 e. The van der Waals surface area contributed by atoms with Crippen LogP contribution in [0.1, 0.15) is 5.56 Å². The molecule has 0 fully saturated rings. The Kier molecular flexibility index (Phi) is 3.95. The summed E-state index contributed by atoms with van der Waals surface area (Å²) in [5, 5.41) is 13.1. The second-order valence-electron chi connectivity index (χ2n) is 4.07. The van der Waals surface area contributed by atoms with Crippen molar-refractivity contribution in [2.45, 2.75) is 6.42 Å². The zero-order valence-electron chi connectivity index (χ0n) is 9.86. The number of anilines is 2. The molecule has 2 aromatic rings. The number of hydrogen-bond donors (Lipinski definition) is 3. The molecule has 0 saturated heterocycles. The lowest BCUT2D eigenvalue weighted by Gasteiger charge is -2.09. The first-order chi connectivity index (χ1) is 8.65. The number of benzene rings is 2. The van der Waals surface area contributed by atoms with E-state index in [2.05, 4.69) is 5.32 Å². The van der Waals surface area contributed by atoms with Crippen molar-refractivity contribution >= 4 is 23.0 Å². The Labute approximate surface area is 111 Å². The molecule has 4 N–H and O–H groups in total. The number of rotatable bonds is 4. The summed E-state index contributed by atoms with van der Waals surface area (Å²) in [5.41, 5.74) is 8.53. The third-order valence-electron chi connectivity index (χ3n) is 2.68. The van der Waals surface area contributed by atoms with Crippen LogP contribution in [0.15, 0.2) is 42.5 Å². The van der Waals surface area contributed by atoms with Gasteiger partial charge in [0.1, 0.15) is 5.75 Å². The van der Waals surface area contributed by atoms with Crippen LogP contribution < -0.4 is 11.1 Å². The van der Waals surface area contributed by atoms with E-state index in [0.717, 1.165) is 24.2 Å². The van der Waals surface area contributed by atoms with Gasteiger partial charge in [0.2, 0.25) is 0 Å². The van der Waals surface area contributed by atoms with Crippen LogP contribution in [-0.4, -0.2) is 11.7 Å². The fourth-order valence-corrected chi connectivity index (χ4v) is 1.88. The van der Waals surface area contributed by atoms with Crippen LogP contribution in [0.4, 0.5) is 11.4 Å². The topological polar surface area (TPSA) is 58.3 Å². The molecule has 0 unspecified atom stereocenters. The first-order valence-electron chi connectivity index (χ1n) is 5.72. The van der Waals surface area contributed by atoms with Crippen molar-refractivity contribution in [2.75, 3.05) is 17.6 Å². The van der Waals surface area contributed by atoms with E-state index in [1.54, 1.807) is 24.3 Å². The zero-order valence-corrected chi connectivity index (χ0v) is 10.6. The molecule has 2 aromatic carbocycles. The molecule has 94 valence electrons.